The molecule has 194 valence electrons. The molecule has 1 aromatic heterocycles. The van der Waals surface area contributed by atoms with E-state index in [0.29, 0.717) is 24.8 Å². The molecule has 5 rings (SSSR count). The number of nitrogens with one attached hydrogen (secondary N) is 1. The van der Waals surface area contributed by atoms with Gasteiger partial charge in [-0.15, -0.1) is 5.10 Å². The third-order valence-corrected chi connectivity index (χ3v) is 7.72. The summed E-state index contributed by atoms with van der Waals surface area (Å²) >= 11 is 0. The number of esters is 1. The van der Waals surface area contributed by atoms with Crippen molar-refractivity contribution in [3.05, 3.63) is 24.3 Å². The molecule has 0 radical (unpaired) electrons. The fraction of sp³-hybridized carbons (Fsp3) is 0.640. The zero-order chi connectivity index (χ0) is 25.6. The molecule has 0 aliphatic carbocycles. The van der Waals surface area contributed by atoms with Crippen molar-refractivity contribution in [2.45, 2.75) is 70.5 Å². The topological polar surface area (TPSA) is 136 Å². The van der Waals surface area contributed by atoms with Gasteiger partial charge in [-0.05, 0) is 44.2 Å². The Morgan fingerprint density at radius 2 is 2.11 bits per heavy atom. The fourth-order valence-corrected chi connectivity index (χ4v) is 6.39. The predicted molar refractivity (Wildman–Crippen MR) is 127 cm³/mol. The Bertz CT molecular complexity index is 1170. The minimum atomic E-state index is -1.14. The van der Waals surface area contributed by atoms with Crippen LogP contribution in [0.25, 0.3) is 11.0 Å². The molecule has 2 unspecified atom stereocenters. The van der Waals surface area contributed by atoms with E-state index < -0.39 is 47.5 Å². The van der Waals surface area contributed by atoms with E-state index in [9.17, 15) is 19.5 Å². The summed E-state index contributed by atoms with van der Waals surface area (Å²) in [6.45, 7) is 5.67. The molecule has 6 atom stereocenters. The summed E-state index contributed by atoms with van der Waals surface area (Å²) in [5.74, 6) is -2.61. The van der Waals surface area contributed by atoms with Gasteiger partial charge in [-0.1, -0.05) is 31.2 Å². The maximum absolute atomic E-state index is 13.9. The van der Waals surface area contributed by atoms with Crippen LogP contribution in [0.1, 0.15) is 40.0 Å². The lowest BCUT2D eigenvalue weighted by molar-refractivity contribution is -0.155. The molecule has 2 amide bonds. The quantitative estimate of drug-likeness (QED) is 0.485. The number of fused-ring (bicyclic) bond motifs is 2. The molecule has 2 bridgehead atoms. The van der Waals surface area contributed by atoms with Crippen LogP contribution in [-0.4, -0.2) is 79.8 Å². The number of amides is 2. The number of hydrogen-bond acceptors (Lipinski definition) is 8. The van der Waals surface area contributed by atoms with Crippen LogP contribution in [0.5, 0.6) is 0 Å². The fourth-order valence-electron chi connectivity index (χ4n) is 6.39. The number of ether oxygens (including phenoxy) is 2. The first-order valence-electron chi connectivity index (χ1n) is 12.7. The number of aliphatic hydroxyl groups is 1. The molecule has 4 heterocycles. The average Bonchev–Trinajstić information content (AvgIpc) is 3.60. The van der Waals surface area contributed by atoms with Gasteiger partial charge in [0, 0.05) is 0 Å². The van der Waals surface area contributed by atoms with E-state index in [0.717, 1.165) is 5.52 Å². The number of rotatable bonds is 9. The molecule has 36 heavy (non-hydrogen) atoms. The van der Waals surface area contributed by atoms with Crippen LogP contribution < -0.4 is 5.32 Å². The first kappa shape index (κ1) is 24.6. The van der Waals surface area contributed by atoms with Crippen LogP contribution in [0.4, 0.5) is 0 Å². The van der Waals surface area contributed by atoms with Crippen molar-refractivity contribution >= 4 is 28.8 Å². The third-order valence-electron chi connectivity index (χ3n) is 7.72. The van der Waals surface area contributed by atoms with Gasteiger partial charge in [-0.25, -0.2) is 4.68 Å². The van der Waals surface area contributed by atoms with E-state index in [4.69, 9.17) is 9.47 Å². The van der Waals surface area contributed by atoms with E-state index in [1.165, 1.54) is 4.90 Å². The summed E-state index contributed by atoms with van der Waals surface area (Å²) in [6.07, 6.45) is 1.08. The number of carbonyl (C=O) groups excluding carboxylic acids is 3. The standard InChI is InChI=1S/C25H33N5O6/c1-4-35-24(34)19-18-9-10-25(36-18)20(19)23(33)30(15(12-31)11-14(2)3)21(25)22(32)26-13-29-17-8-6-5-7-16(17)27-28-29/h5-8,14-15,18-21,31H,4,9-13H2,1-3H3,(H,26,32)/t15-,18-,19+,20+,21?,25?/m1/s1. The van der Waals surface area contributed by atoms with E-state index >= 15 is 0 Å². The molecule has 3 aliphatic rings. The Morgan fingerprint density at radius 1 is 1.33 bits per heavy atom. The second-order valence-corrected chi connectivity index (χ2v) is 10.3. The maximum atomic E-state index is 13.9. The minimum Gasteiger partial charge on any atom is -0.466 e. The molecule has 3 aliphatic heterocycles. The van der Waals surface area contributed by atoms with Gasteiger partial charge in [0.2, 0.25) is 11.8 Å². The number of hydrogen-bond donors (Lipinski definition) is 2. The largest absolute Gasteiger partial charge is 0.466 e. The first-order chi connectivity index (χ1) is 17.3. The van der Waals surface area contributed by atoms with E-state index in [2.05, 4.69) is 15.6 Å². The zero-order valence-electron chi connectivity index (χ0n) is 20.8. The van der Waals surface area contributed by atoms with Crippen molar-refractivity contribution in [2.24, 2.45) is 17.8 Å². The summed E-state index contributed by atoms with van der Waals surface area (Å²) in [4.78, 5) is 42.1. The van der Waals surface area contributed by atoms with Gasteiger partial charge in [0.25, 0.3) is 0 Å². The smallest absolute Gasteiger partial charge is 0.312 e. The highest BCUT2D eigenvalue weighted by Gasteiger charge is 2.75. The minimum absolute atomic E-state index is 0.0529. The van der Waals surface area contributed by atoms with Crippen LogP contribution in [-0.2, 0) is 30.5 Å². The highest BCUT2D eigenvalue weighted by molar-refractivity contribution is 5.98. The summed E-state index contributed by atoms with van der Waals surface area (Å²) in [5.41, 5.74) is 0.329. The van der Waals surface area contributed by atoms with Gasteiger partial charge >= 0.3 is 5.97 Å². The number of para-hydroxylation sites is 1. The van der Waals surface area contributed by atoms with Crippen LogP contribution in [0.3, 0.4) is 0 Å². The van der Waals surface area contributed by atoms with E-state index in [1.807, 2.05) is 38.1 Å². The van der Waals surface area contributed by atoms with E-state index in [-0.39, 0.29) is 31.7 Å². The third kappa shape index (κ3) is 3.76. The molecule has 2 aromatic rings. The Kier molecular flexibility index (Phi) is 6.46. The van der Waals surface area contributed by atoms with Gasteiger partial charge < -0.3 is 24.8 Å². The number of benzene rings is 1. The summed E-state index contributed by atoms with van der Waals surface area (Å²) in [7, 11) is 0. The number of carbonyl (C=O) groups is 3. The van der Waals surface area contributed by atoms with Gasteiger partial charge in [0.05, 0.1) is 42.7 Å². The molecule has 11 nitrogen and oxygen atoms in total. The molecular weight excluding hydrogens is 466 g/mol. The molecule has 2 N–H and O–H groups in total. The molecule has 1 spiro atoms. The maximum Gasteiger partial charge on any atom is 0.312 e. The number of aliphatic hydroxyl groups excluding tert-OH is 1. The number of likely N-dealkylation sites (tertiary alicyclic amines) is 1. The second-order valence-electron chi connectivity index (χ2n) is 10.3. The van der Waals surface area contributed by atoms with Crippen molar-refractivity contribution < 1.29 is 29.0 Å². The molecule has 3 fully saturated rings. The van der Waals surface area contributed by atoms with Crippen molar-refractivity contribution in [2.75, 3.05) is 13.2 Å². The van der Waals surface area contributed by atoms with Gasteiger partial charge in [0.1, 0.15) is 23.8 Å². The van der Waals surface area contributed by atoms with Crippen LogP contribution in [0.2, 0.25) is 0 Å². The monoisotopic (exact) mass is 499 g/mol. The summed E-state index contributed by atoms with van der Waals surface area (Å²) in [5, 5.41) is 21.4. The lowest BCUT2D eigenvalue weighted by Crippen LogP contribution is -2.58. The van der Waals surface area contributed by atoms with Crippen molar-refractivity contribution in [3.63, 3.8) is 0 Å². The Hall–Kier alpha value is -3.05. The van der Waals surface area contributed by atoms with Gasteiger partial charge in [-0.3, -0.25) is 14.4 Å². The highest BCUT2D eigenvalue weighted by atomic mass is 16.6. The van der Waals surface area contributed by atoms with Gasteiger partial charge in [-0.2, -0.15) is 0 Å². The average molecular weight is 500 g/mol. The number of nitrogens with zero attached hydrogens (tertiary/aromatic N) is 4. The van der Waals surface area contributed by atoms with Crippen molar-refractivity contribution in [3.8, 4) is 0 Å². The molecule has 1 aromatic carbocycles. The lowest BCUT2D eigenvalue weighted by atomic mass is 9.71. The zero-order valence-corrected chi connectivity index (χ0v) is 20.8. The van der Waals surface area contributed by atoms with E-state index in [1.54, 1.807) is 11.6 Å². The summed E-state index contributed by atoms with van der Waals surface area (Å²) in [6, 6.07) is 5.86. The molecule has 3 saturated heterocycles. The van der Waals surface area contributed by atoms with Crippen molar-refractivity contribution in [1.82, 2.24) is 25.2 Å². The summed E-state index contributed by atoms with van der Waals surface area (Å²) < 4.78 is 13.2. The second kappa shape index (κ2) is 9.44. The SMILES string of the molecule is CCOC(=O)[C@@H]1[C@H]2C(=O)N([C@@H](CO)CC(C)C)C(C(=O)NCn3nnc4ccccc43)C23CC[C@H]1O3. The molecule has 0 saturated carbocycles. The normalized spacial score (nSPS) is 29.7. The Morgan fingerprint density at radius 3 is 2.83 bits per heavy atom. The first-order valence-corrected chi connectivity index (χ1v) is 12.7. The lowest BCUT2D eigenvalue weighted by Gasteiger charge is -2.37. The molecular formula is C25H33N5O6. The predicted octanol–water partition coefficient (Wildman–Crippen LogP) is 0.850. The Balaban J connectivity index is 1.48. The van der Waals surface area contributed by atoms with Crippen LogP contribution >= 0.6 is 0 Å². The van der Waals surface area contributed by atoms with Crippen molar-refractivity contribution in [1.29, 1.82) is 0 Å². The van der Waals surface area contributed by atoms with Crippen LogP contribution in [0, 0.1) is 17.8 Å². The molecule has 11 heteroatoms. The van der Waals surface area contributed by atoms with Gasteiger partial charge in [0.15, 0.2) is 0 Å². The Labute approximate surface area is 209 Å². The number of aromatic nitrogens is 3. The highest BCUT2D eigenvalue weighted by Crippen LogP contribution is 2.59. The van der Waals surface area contributed by atoms with Crippen LogP contribution in [0.15, 0.2) is 24.3 Å².